The third-order valence-electron chi connectivity index (χ3n) is 5.13. The van der Waals surface area contributed by atoms with Gasteiger partial charge >= 0.3 is 0 Å². The van der Waals surface area contributed by atoms with Crippen molar-refractivity contribution in [2.75, 3.05) is 13.1 Å². The van der Waals surface area contributed by atoms with Gasteiger partial charge in [0.05, 0.1) is 29.2 Å². The Hall–Kier alpha value is -2.48. The average Bonchev–Trinajstić information content (AvgIpc) is 3.23. The molecule has 1 aromatic heterocycles. The first-order chi connectivity index (χ1) is 14.5. The van der Waals surface area contributed by atoms with Crippen LogP contribution < -0.4 is 5.32 Å². The molecule has 0 spiro atoms. The number of nitrogens with zero attached hydrogens (tertiary/aromatic N) is 1. The van der Waals surface area contributed by atoms with Gasteiger partial charge in [-0.3, -0.25) is 13.8 Å². The van der Waals surface area contributed by atoms with Crippen molar-refractivity contribution in [3.05, 3.63) is 59.8 Å². The van der Waals surface area contributed by atoms with E-state index in [4.69, 9.17) is 4.42 Å². The number of halogens is 1. The second-order valence-electron chi connectivity index (χ2n) is 7.43. The van der Waals surface area contributed by atoms with E-state index in [0.717, 1.165) is 37.7 Å². The highest BCUT2D eigenvalue weighted by molar-refractivity contribution is 7.84. The number of furan rings is 1. The summed E-state index contributed by atoms with van der Waals surface area (Å²) in [6.07, 6.45) is 6.54. The van der Waals surface area contributed by atoms with E-state index in [-0.39, 0.29) is 36.4 Å². The first kappa shape index (κ1) is 22.2. The molecule has 0 aliphatic carbocycles. The number of rotatable bonds is 12. The summed E-state index contributed by atoms with van der Waals surface area (Å²) in [6, 6.07) is 10.0. The maximum Gasteiger partial charge on any atom is 0.239 e. The lowest BCUT2D eigenvalue weighted by Gasteiger charge is -2.38. The molecule has 1 aliphatic heterocycles. The molecule has 3 rings (SSSR count). The van der Waals surface area contributed by atoms with E-state index in [9.17, 15) is 18.2 Å². The van der Waals surface area contributed by atoms with Crippen LogP contribution in [-0.4, -0.2) is 39.4 Å². The van der Waals surface area contributed by atoms with E-state index in [2.05, 4.69) is 5.32 Å². The number of nitrogens with one attached hydrogen (secondary N) is 1. The van der Waals surface area contributed by atoms with Crippen molar-refractivity contribution in [1.82, 2.24) is 10.2 Å². The van der Waals surface area contributed by atoms with Crippen molar-refractivity contribution in [3.8, 4) is 0 Å². The second kappa shape index (κ2) is 11.1. The van der Waals surface area contributed by atoms with Gasteiger partial charge in [0.15, 0.2) is 0 Å². The van der Waals surface area contributed by atoms with Crippen molar-refractivity contribution in [1.29, 1.82) is 0 Å². The Labute approximate surface area is 178 Å². The molecule has 0 radical (unpaired) electrons. The first-order valence-electron chi connectivity index (χ1n) is 10.2. The topological polar surface area (TPSA) is 79.6 Å². The third-order valence-corrected chi connectivity index (χ3v) is 6.72. The number of benzene rings is 1. The molecule has 1 fully saturated rings. The number of β-lactam (4-membered cyclic amide) rings is 1. The number of hydrogen-bond acceptors (Lipinski definition) is 4. The smallest absolute Gasteiger partial charge is 0.239 e. The van der Waals surface area contributed by atoms with Gasteiger partial charge in [0, 0.05) is 6.54 Å². The van der Waals surface area contributed by atoms with Crippen LogP contribution in [0.4, 0.5) is 4.39 Å². The highest BCUT2D eigenvalue weighted by Crippen LogP contribution is 2.24. The number of carbonyl (C=O) groups is 2. The molecule has 2 heterocycles. The Morgan fingerprint density at radius 3 is 2.63 bits per heavy atom. The predicted molar refractivity (Wildman–Crippen MR) is 112 cm³/mol. The number of unbranched alkanes of at least 4 members (excludes halogenated alkanes) is 3. The molecule has 2 amide bonds. The van der Waals surface area contributed by atoms with Crippen molar-refractivity contribution in [2.45, 2.75) is 49.7 Å². The maximum atomic E-state index is 12.9. The fourth-order valence-corrected chi connectivity index (χ4v) is 4.82. The van der Waals surface area contributed by atoms with Crippen LogP contribution in [0.2, 0.25) is 0 Å². The molecule has 8 heteroatoms. The number of aryl methyl sites for hydroxylation is 1. The molecule has 2 atom stereocenters. The van der Waals surface area contributed by atoms with E-state index in [1.807, 2.05) is 12.1 Å². The van der Waals surface area contributed by atoms with E-state index in [1.165, 1.54) is 23.3 Å². The van der Waals surface area contributed by atoms with Crippen LogP contribution in [0.25, 0.3) is 0 Å². The standard InChI is InChI=1S/C22H27FN2O4S/c23-18-10-8-17(9-11-18)6-3-1-2-4-12-24-20(26)15-25-21(27)14-22(25)30(28)16-19-7-5-13-29-19/h5,7-11,13,22H,1-4,6,12,14-16H2,(H,24,26). The largest absolute Gasteiger partial charge is 0.468 e. The van der Waals surface area contributed by atoms with Crippen LogP contribution in [-0.2, 0) is 32.6 Å². The summed E-state index contributed by atoms with van der Waals surface area (Å²) in [5.41, 5.74) is 1.13. The molecule has 30 heavy (non-hydrogen) atoms. The molecule has 2 unspecified atom stereocenters. The first-order valence-corrected chi connectivity index (χ1v) is 11.6. The molecule has 0 saturated carbocycles. The zero-order chi connectivity index (χ0) is 21.3. The molecule has 0 bridgehead atoms. The Bertz CT molecular complexity index is 855. The maximum absolute atomic E-state index is 12.9. The Morgan fingerprint density at radius 1 is 1.17 bits per heavy atom. The van der Waals surface area contributed by atoms with Gasteiger partial charge in [0.1, 0.15) is 23.5 Å². The average molecular weight is 435 g/mol. The minimum absolute atomic E-state index is 0.0576. The van der Waals surface area contributed by atoms with Crippen LogP contribution in [0, 0.1) is 5.82 Å². The molecule has 1 aromatic carbocycles. The predicted octanol–water partition coefficient (Wildman–Crippen LogP) is 3.15. The Kier molecular flexibility index (Phi) is 8.19. The second-order valence-corrected chi connectivity index (χ2v) is 9.02. The number of carbonyl (C=O) groups excluding carboxylic acids is 2. The highest BCUT2D eigenvalue weighted by atomic mass is 32.2. The van der Waals surface area contributed by atoms with Gasteiger partial charge in [0.2, 0.25) is 11.8 Å². The van der Waals surface area contributed by atoms with E-state index in [1.54, 1.807) is 12.1 Å². The van der Waals surface area contributed by atoms with Gasteiger partial charge in [-0.15, -0.1) is 0 Å². The number of likely N-dealkylation sites (tertiary alicyclic amines) is 1. The lowest BCUT2D eigenvalue weighted by atomic mass is 10.1. The number of amides is 2. The normalized spacial score (nSPS) is 16.9. The van der Waals surface area contributed by atoms with Crippen molar-refractivity contribution in [2.24, 2.45) is 0 Å². The third kappa shape index (κ3) is 6.52. The minimum Gasteiger partial charge on any atom is -0.468 e. The monoisotopic (exact) mass is 434 g/mol. The van der Waals surface area contributed by atoms with Gasteiger partial charge in [-0.25, -0.2) is 4.39 Å². The quantitative estimate of drug-likeness (QED) is 0.411. The lowest BCUT2D eigenvalue weighted by Crippen LogP contribution is -2.57. The van der Waals surface area contributed by atoms with E-state index >= 15 is 0 Å². The Morgan fingerprint density at radius 2 is 1.93 bits per heavy atom. The zero-order valence-electron chi connectivity index (χ0n) is 16.8. The van der Waals surface area contributed by atoms with E-state index < -0.39 is 16.2 Å². The van der Waals surface area contributed by atoms with Gasteiger partial charge < -0.3 is 14.6 Å². The fourth-order valence-electron chi connectivity index (χ4n) is 3.38. The van der Waals surface area contributed by atoms with Crippen LogP contribution in [0.15, 0.2) is 47.1 Å². The summed E-state index contributed by atoms with van der Waals surface area (Å²) >= 11 is 0. The van der Waals surface area contributed by atoms with Gasteiger partial charge in [-0.05, 0) is 49.1 Å². The van der Waals surface area contributed by atoms with Gasteiger partial charge in [0.25, 0.3) is 0 Å². The van der Waals surface area contributed by atoms with Gasteiger partial charge in [-0.1, -0.05) is 25.0 Å². The minimum atomic E-state index is -1.29. The molecule has 1 saturated heterocycles. The van der Waals surface area contributed by atoms with Crippen LogP contribution in [0.5, 0.6) is 0 Å². The summed E-state index contributed by atoms with van der Waals surface area (Å²) in [7, 11) is -1.29. The van der Waals surface area contributed by atoms with E-state index in [0.29, 0.717) is 12.3 Å². The molecule has 162 valence electrons. The number of hydrogen-bond donors (Lipinski definition) is 1. The molecule has 1 aliphatic rings. The van der Waals surface area contributed by atoms with Crippen LogP contribution in [0.1, 0.15) is 43.4 Å². The van der Waals surface area contributed by atoms with Crippen LogP contribution in [0.3, 0.4) is 0 Å². The highest BCUT2D eigenvalue weighted by Gasteiger charge is 2.41. The fraction of sp³-hybridized carbons (Fsp3) is 0.455. The van der Waals surface area contributed by atoms with Crippen LogP contribution >= 0.6 is 0 Å². The molecule has 6 nitrogen and oxygen atoms in total. The Balaban J connectivity index is 1.27. The molecular weight excluding hydrogens is 407 g/mol. The molecular formula is C22H27FN2O4S. The summed E-state index contributed by atoms with van der Waals surface area (Å²) in [4.78, 5) is 25.3. The summed E-state index contributed by atoms with van der Waals surface area (Å²) in [6.45, 7) is 0.496. The zero-order valence-corrected chi connectivity index (χ0v) is 17.7. The summed E-state index contributed by atoms with van der Waals surface area (Å²) in [5, 5.41) is 2.40. The van der Waals surface area contributed by atoms with Crippen molar-refractivity contribution < 1.29 is 22.6 Å². The van der Waals surface area contributed by atoms with Gasteiger partial charge in [-0.2, -0.15) is 0 Å². The van der Waals surface area contributed by atoms with Crippen molar-refractivity contribution >= 4 is 22.6 Å². The summed E-state index contributed by atoms with van der Waals surface area (Å²) in [5.74, 6) is 0.250. The molecule has 1 N–H and O–H groups in total. The summed E-state index contributed by atoms with van der Waals surface area (Å²) < 4.78 is 30.5. The molecule has 2 aromatic rings. The van der Waals surface area contributed by atoms with Crippen molar-refractivity contribution in [3.63, 3.8) is 0 Å². The SMILES string of the molecule is O=C(CN1C(=O)CC1S(=O)Cc1ccco1)NCCCCCCc1ccc(F)cc1. The lowest BCUT2D eigenvalue weighted by molar-refractivity contribution is -0.145.